The number of nitrogens with one attached hydrogen (secondary N) is 1. The first-order valence-electron chi connectivity index (χ1n) is 6.79. The SMILES string of the molecule is CCC(C)c1cccc2c(C)c(C(C)NC)oc12. The Labute approximate surface area is 109 Å². The number of hydrogen-bond donors (Lipinski definition) is 1. The fourth-order valence-electron chi connectivity index (χ4n) is 2.44. The molecule has 1 heterocycles. The van der Waals surface area contributed by atoms with Gasteiger partial charge in [-0.15, -0.1) is 0 Å². The van der Waals surface area contributed by atoms with Crippen LogP contribution in [0.5, 0.6) is 0 Å². The molecule has 2 unspecified atom stereocenters. The predicted molar refractivity (Wildman–Crippen MR) is 77.1 cm³/mol. The first-order chi connectivity index (χ1) is 8.60. The molecule has 1 aromatic carbocycles. The lowest BCUT2D eigenvalue weighted by atomic mass is 9.96. The highest BCUT2D eigenvalue weighted by Crippen LogP contribution is 2.34. The molecule has 2 rings (SSSR count). The number of benzene rings is 1. The molecule has 18 heavy (non-hydrogen) atoms. The van der Waals surface area contributed by atoms with Gasteiger partial charge in [-0.05, 0) is 44.4 Å². The third-order valence-electron chi connectivity index (χ3n) is 4.00. The van der Waals surface area contributed by atoms with Gasteiger partial charge in [-0.3, -0.25) is 0 Å². The molecule has 0 spiro atoms. The van der Waals surface area contributed by atoms with Crippen molar-refractivity contribution in [3.05, 3.63) is 35.1 Å². The Balaban J connectivity index is 2.64. The van der Waals surface area contributed by atoms with Crippen LogP contribution < -0.4 is 5.32 Å². The summed E-state index contributed by atoms with van der Waals surface area (Å²) < 4.78 is 6.14. The number of rotatable bonds is 4. The van der Waals surface area contributed by atoms with E-state index in [1.165, 1.54) is 16.5 Å². The van der Waals surface area contributed by atoms with Gasteiger partial charge in [0.05, 0.1) is 6.04 Å². The molecule has 2 nitrogen and oxygen atoms in total. The normalized spacial score (nSPS) is 14.9. The second-order valence-corrected chi connectivity index (χ2v) is 5.13. The first kappa shape index (κ1) is 13.2. The molecule has 2 aromatic rings. The highest BCUT2D eigenvalue weighted by Gasteiger charge is 2.18. The standard InChI is InChI=1S/C16H23NO/c1-6-10(2)13-8-7-9-14-11(3)15(12(4)17-5)18-16(13)14/h7-10,12,17H,6H2,1-5H3. The molecule has 0 aliphatic carbocycles. The van der Waals surface area contributed by atoms with Crippen LogP contribution in [0.3, 0.4) is 0 Å². The molecule has 0 radical (unpaired) electrons. The minimum Gasteiger partial charge on any atom is -0.459 e. The Bertz CT molecular complexity index is 541. The number of furan rings is 1. The number of fused-ring (bicyclic) bond motifs is 1. The van der Waals surface area contributed by atoms with Gasteiger partial charge in [-0.2, -0.15) is 0 Å². The summed E-state index contributed by atoms with van der Waals surface area (Å²) in [6, 6.07) is 6.74. The molecule has 0 saturated heterocycles. The van der Waals surface area contributed by atoms with E-state index in [0.717, 1.165) is 17.8 Å². The van der Waals surface area contributed by atoms with Crippen LogP contribution in [0.15, 0.2) is 22.6 Å². The zero-order valence-electron chi connectivity index (χ0n) is 12.0. The molecule has 0 bridgehead atoms. The number of para-hydroxylation sites is 1. The van der Waals surface area contributed by atoms with Crippen molar-refractivity contribution < 1.29 is 4.42 Å². The van der Waals surface area contributed by atoms with Gasteiger partial charge in [0, 0.05) is 5.39 Å². The molecule has 0 saturated carbocycles. The van der Waals surface area contributed by atoms with Gasteiger partial charge >= 0.3 is 0 Å². The van der Waals surface area contributed by atoms with Gasteiger partial charge in [0.25, 0.3) is 0 Å². The van der Waals surface area contributed by atoms with Crippen LogP contribution >= 0.6 is 0 Å². The lowest BCUT2D eigenvalue weighted by molar-refractivity contribution is 0.468. The lowest BCUT2D eigenvalue weighted by Crippen LogP contribution is -2.12. The Morgan fingerprint density at radius 1 is 1.28 bits per heavy atom. The molecule has 2 heteroatoms. The van der Waals surface area contributed by atoms with Crippen LogP contribution in [-0.2, 0) is 0 Å². The zero-order chi connectivity index (χ0) is 13.3. The van der Waals surface area contributed by atoms with Crippen LogP contribution in [0.4, 0.5) is 0 Å². The number of hydrogen-bond acceptors (Lipinski definition) is 2. The molecular formula is C16H23NO. The lowest BCUT2D eigenvalue weighted by Gasteiger charge is -2.09. The van der Waals surface area contributed by atoms with Gasteiger partial charge in [-0.1, -0.05) is 32.0 Å². The van der Waals surface area contributed by atoms with Crippen LogP contribution in [0.25, 0.3) is 11.0 Å². The fraction of sp³-hybridized carbons (Fsp3) is 0.500. The van der Waals surface area contributed by atoms with Crippen molar-refractivity contribution in [2.24, 2.45) is 0 Å². The fourth-order valence-corrected chi connectivity index (χ4v) is 2.44. The van der Waals surface area contributed by atoms with Gasteiger partial charge in [0.2, 0.25) is 0 Å². The van der Waals surface area contributed by atoms with E-state index in [1.807, 2.05) is 7.05 Å². The van der Waals surface area contributed by atoms with Crippen molar-refractivity contribution in [1.29, 1.82) is 0 Å². The second-order valence-electron chi connectivity index (χ2n) is 5.13. The van der Waals surface area contributed by atoms with E-state index < -0.39 is 0 Å². The third-order valence-corrected chi connectivity index (χ3v) is 4.00. The zero-order valence-corrected chi connectivity index (χ0v) is 12.0. The molecule has 1 aromatic heterocycles. The van der Waals surface area contributed by atoms with Crippen molar-refractivity contribution in [3.63, 3.8) is 0 Å². The highest BCUT2D eigenvalue weighted by atomic mass is 16.3. The van der Waals surface area contributed by atoms with Crippen LogP contribution in [0.1, 0.15) is 56.0 Å². The number of aryl methyl sites for hydroxylation is 1. The third kappa shape index (κ3) is 2.05. The van der Waals surface area contributed by atoms with Gasteiger partial charge in [0.15, 0.2) is 0 Å². The molecule has 98 valence electrons. The quantitative estimate of drug-likeness (QED) is 0.855. The topological polar surface area (TPSA) is 25.2 Å². The van der Waals surface area contributed by atoms with E-state index in [2.05, 4.69) is 51.2 Å². The van der Waals surface area contributed by atoms with E-state index in [9.17, 15) is 0 Å². The molecule has 0 amide bonds. The molecule has 0 fully saturated rings. The van der Waals surface area contributed by atoms with E-state index in [4.69, 9.17) is 4.42 Å². The van der Waals surface area contributed by atoms with Crippen LogP contribution in [-0.4, -0.2) is 7.05 Å². The summed E-state index contributed by atoms with van der Waals surface area (Å²) in [6.45, 7) is 8.76. The average Bonchev–Trinajstić information content (AvgIpc) is 2.74. The van der Waals surface area contributed by atoms with E-state index in [-0.39, 0.29) is 6.04 Å². The first-order valence-corrected chi connectivity index (χ1v) is 6.79. The summed E-state index contributed by atoms with van der Waals surface area (Å²) >= 11 is 0. The molecule has 1 N–H and O–H groups in total. The Morgan fingerprint density at radius 3 is 2.61 bits per heavy atom. The average molecular weight is 245 g/mol. The Hall–Kier alpha value is -1.28. The van der Waals surface area contributed by atoms with E-state index in [1.54, 1.807) is 0 Å². The molecule has 2 atom stereocenters. The smallest absolute Gasteiger partial charge is 0.138 e. The maximum absolute atomic E-state index is 6.14. The maximum atomic E-state index is 6.14. The van der Waals surface area contributed by atoms with Gasteiger partial charge in [0.1, 0.15) is 11.3 Å². The van der Waals surface area contributed by atoms with Crippen molar-refractivity contribution in [3.8, 4) is 0 Å². The van der Waals surface area contributed by atoms with E-state index in [0.29, 0.717) is 5.92 Å². The summed E-state index contributed by atoms with van der Waals surface area (Å²) in [4.78, 5) is 0. The van der Waals surface area contributed by atoms with Crippen molar-refractivity contribution in [1.82, 2.24) is 5.32 Å². The van der Waals surface area contributed by atoms with Crippen LogP contribution in [0.2, 0.25) is 0 Å². The molecule has 0 aliphatic heterocycles. The summed E-state index contributed by atoms with van der Waals surface area (Å²) in [6.07, 6.45) is 1.13. The van der Waals surface area contributed by atoms with Gasteiger partial charge in [-0.25, -0.2) is 0 Å². The van der Waals surface area contributed by atoms with Crippen LogP contribution in [0, 0.1) is 6.92 Å². The molecular weight excluding hydrogens is 222 g/mol. The summed E-state index contributed by atoms with van der Waals surface area (Å²) in [5, 5.41) is 4.51. The second kappa shape index (κ2) is 5.15. The predicted octanol–water partition coefficient (Wildman–Crippen LogP) is 4.54. The van der Waals surface area contributed by atoms with E-state index >= 15 is 0 Å². The van der Waals surface area contributed by atoms with Crippen molar-refractivity contribution in [2.75, 3.05) is 7.05 Å². The van der Waals surface area contributed by atoms with Gasteiger partial charge < -0.3 is 9.73 Å². The summed E-state index contributed by atoms with van der Waals surface area (Å²) in [5.74, 6) is 1.60. The Morgan fingerprint density at radius 2 is 2.00 bits per heavy atom. The summed E-state index contributed by atoms with van der Waals surface area (Å²) in [5.41, 5.74) is 3.66. The monoisotopic (exact) mass is 245 g/mol. The minimum absolute atomic E-state index is 0.252. The van der Waals surface area contributed by atoms with Crippen molar-refractivity contribution in [2.45, 2.75) is 46.1 Å². The maximum Gasteiger partial charge on any atom is 0.138 e. The highest BCUT2D eigenvalue weighted by molar-refractivity contribution is 5.85. The largest absolute Gasteiger partial charge is 0.459 e. The molecule has 0 aliphatic rings. The summed E-state index contributed by atoms with van der Waals surface area (Å²) in [7, 11) is 1.97. The van der Waals surface area contributed by atoms with Crippen molar-refractivity contribution >= 4 is 11.0 Å². The minimum atomic E-state index is 0.252. The Kier molecular flexibility index (Phi) is 3.76.